The molecule has 144 valence electrons. The quantitative estimate of drug-likeness (QED) is 0.725. The zero-order valence-corrected chi connectivity index (χ0v) is 16.2. The molecule has 5 nitrogen and oxygen atoms in total. The fourth-order valence-corrected chi connectivity index (χ4v) is 3.51. The number of nitrogens with zero attached hydrogens (tertiary/aromatic N) is 2. The van der Waals surface area contributed by atoms with Crippen molar-refractivity contribution >= 4 is 27.7 Å². The number of amides is 1. The van der Waals surface area contributed by atoms with E-state index in [4.69, 9.17) is 0 Å². The Labute approximate surface area is 164 Å². The molecule has 1 fully saturated rings. The Morgan fingerprint density at radius 2 is 2.04 bits per heavy atom. The van der Waals surface area contributed by atoms with Crippen molar-refractivity contribution in [3.05, 3.63) is 52.1 Å². The van der Waals surface area contributed by atoms with Gasteiger partial charge in [0.25, 0.3) is 5.91 Å². The van der Waals surface area contributed by atoms with Crippen LogP contribution in [-0.4, -0.2) is 30.6 Å². The number of halogens is 3. The molecule has 1 saturated heterocycles. The smallest absolute Gasteiger partial charge is 0.387 e. The number of carbonyl (C=O) groups is 1. The first-order chi connectivity index (χ1) is 13.0. The Balaban J connectivity index is 1.74. The van der Waals surface area contributed by atoms with E-state index in [1.165, 1.54) is 12.5 Å². The highest BCUT2D eigenvalue weighted by molar-refractivity contribution is 9.10. The van der Waals surface area contributed by atoms with Gasteiger partial charge in [-0.2, -0.15) is 8.78 Å². The number of ether oxygens (including phenoxy) is 1. The lowest BCUT2D eigenvalue weighted by atomic mass is 10.1. The molecule has 1 aromatic carbocycles. The lowest BCUT2D eigenvalue weighted by molar-refractivity contribution is -0.0504. The highest BCUT2D eigenvalue weighted by atomic mass is 79.9. The minimum absolute atomic E-state index is 0.0379. The van der Waals surface area contributed by atoms with Crippen LogP contribution in [0.3, 0.4) is 0 Å². The third kappa shape index (κ3) is 5.15. The fourth-order valence-electron chi connectivity index (χ4n) is 3.10. The van der Waals surface area contributed by atoms with Crippen LogP contribution in [0.5, 0.6) is 5.75 Å². The second-order valence-electron chi connectivity index (χ2n) is 6.24. The van der Waals surface area contributed by atoms with Crippen molar-refractivity contribution in [1.82, 2.24) is 10.3 Å². The third-order valence-corrected chi connectivity index (χ3v) is 4.86. The number of anilines is 1. The molecule has 2 aromatic rings. The monoisotopic (exact) mass is 439 g/mol. The molecule has 0 atom stereocenters. The highest BCUT2D eigenvalue weighted by Crippen LogP contribution is 2.25. The number of carbonyl (C=O) groups excluding carboxylic acids is 1. The largest absolute Gasteiger partial charge is 0.434 e. The van der Waals surface area contributed by atoms with E-state index in [0.29, 0.717) is 21.4 Å². The van der Waals surface area contributed by atoms with Gasteiger partial charge in [0.15, 0.2) is 0 Å². The Kier molecular flexibility index (Phi) is 6.60. The molecule has 2 heterocycles. The SMILES string of the molecule is O=C(NCc1cc(Br)ccc1OC(F)F)c1cccnc1N1CCCCC1. The maximum absolute atomic E-state index is 12.7. The summed E-state index contributed by atoms with van der Waals surface area (Å²) in [5.41, 5.74) is 0.937. The van der Waals surface area contributed by atoms with Gasteiger partial charge in [0.2, 0.25) is 0 Å². The van der Waals surface area contributed by atoms with Crippen molar-refractivity contribution in [3.63, 3.8) is 0 Å². The number of piperidine rings is 1. The van der Waals surface area contributed by atoms with Gasteiger partial charge < -0.3 is 15.0 Å². The van der Waals surface area contributed by atoms with Gasteiger partial charge in [0.1, 0.15) is 11.6 Å². The van der Waals surface area contributed by atoms with E-state index in [1.54, 1.807) is 30.5 Å². The van der Waals surface area contributed by atoms with Gasteiger partial charge in [0.05, 0.1) is 5.56 Å². The molecule has 1 aromatic heterocycles. The first-order valence-corrected chi connectivity index (χ1v) is 9.55. The molecule has 8 heteroatoms. The summed E-state index contributed by atoms with van der Waals surface area (Å²) < 4.78 is 30.4. The molecule has 1 aliphatic heterocycles. The van der Waals surface area contributed by atoms with E-state index >= 15 is 0 Å². The van der Waals surface area contributed by atoms with Gasteiger partial charge in [-0.3, -0.25) is 4.79 Å². The van der Waals surface area contributed by atoms with Crippen molar-refractivity contribution in [2.75, 3.05) is 18.0 Å². The number of benzene rings is 1. The minimum Gasteiger partial charge on any atom is -0.434 e. The normalized spacial score (nSPS) is 14.3. The number of pyridine rings is 1. The molecule has 0 bridgehead atoms. The molecule has 1 aliphatic rings. The molecule has 1 amide bonds. The summed E-state index contributed by atoms with van der Waals surface area (Å²) in [5.74, 6) is 0.399. The van der Waals surface area contributed by atoms with Crippen LogP contribution in [0.2, 0.25) is 0 Å². The lowest BCUT2D eigenvalue weighted by Gasteiger charge is -2.29. The molecule has 3 rings (SSSR count). The summed E-state index contributed by atoms with van der Waals surface area (Å²) in [6.07, 6.45) is 5.00. The van der Waals surface area contributed by atoms with Crippen LogP contribution in [-0.2, 0) is 6.54 Å². The van der Waals surface area contributed by atoms with Crippen molar-refractivity contribution in [3.8, 4) is 5.75 Å². The molecule has 27 heavy (non-hydrogen) atoms. The first-order valence-electron chi connectivity index (χ1n) is 8.76. The summed E-state index contributed by atoms with van der Waals surface area (Å²) in [5, 5.41) is 2.78. The Hall–Kier alpha value is -2.22. The third-order valence-electron chi connectivity index (χ3n) is 4.36. The molecular formula is C19H20BrF2N3O2. The number of nitrogens with one attached hydrogen (secondary N) is 1. The van der Waals surface area contributed by atoms with Gasteiger partial charge in [-0.25, -0.2) is 4.98 Å². The summed E-state index contributed by atoms with van der Waals surface area (Å²) in [7, 11) is 0. The van der Waals surface area contributed by atoms with Crippen LogP contribution >= 0.6 is 15.9 Å². The van der Waals surface area contributed by atoms with E-state index in [9.17, 15) is 13.6 Å². The van der Waals surface area contributed by atoms with Crippen LogP contribution in [0.25, 0.3) is 0 Å². The Morgan fingerprint density at radius 3 is 2.78 bits per heavy atom. The van der Waals surface area contributed by atoms with Gasteiger partial charge >= 0.3 is 6.61 Å². The van der Waals surface area contributed by atoms with Crippen LogP contribution < -0.4 is 15.0 Å². The Bertz CT molecular complexity index is 798. The fraction of sp³-hybridized carbons (Fsp3) is 0.368. The van der Waals surface area contributed by atoms with E-state index < -0.39 is 6.61 Å². The van der Waals surface area contributed by atoms with Crippen LogP contribution in [0, 0.1) is 0 Å². The number of hydrogen-bond donors (Lipinski definition) is 1. The summed E-state index contributed by atoms with van der Waals surface area (Å²) in [6.45, 7) is -1.12. The predicted molar refractivity (Wildman–Crippen MR) is 102 cm³/mol. The average molecular weight is 440 g/mol. The van der Waals surface area contributed by atoms with E-state index in [1.807, 2.05) is 0 Å². The maximum atomic E-state index is 12.7. The summed E-state index contributed by atoms with van der Waals surface area (Å²) >= 11 is 3.31. The topological polar surface area (TPSA) is 54.5 Å². The standard InChI is InChI=1S/C19H20BrF2N3O2/c20-14-6-7-16(27-19(21)22)13(11-14)12-24-18(26)15-5-4-8-23-17(15)25-9-2-1-3-10-25/h4-8,11,19H,1-3,9-10,12H2,(H,24,26). The van der Waals surface area contributed by atoms with Crippen molar-refractivity contribution < 1.29 is 18.3 Å². The predicted octanol–water partition coefficient (Wildman–Crippen LogP) is 4.37. The number of aromatic nitrogens is 1. The molecular weight excluding hydrogens is 420 g/mol. The molecule has 0 saturated carbocycles. The van der Waals surface area contributed by atoms with E-state index in [2.05, 4.69) is 35.9 Å². The van der Waals surface area contributed by atoms with Gasteiger partial charge in [0, 0.05) is 35.9 Å². The lowest BCUT2D eigenvalue weighted by Crippen LogP contribution is -2.33. The number of rotatable bonds is 6. The van der Waals surface area contributed by atoms with Crippen LogP contribution in [0.4, 0.5) is 14.6 Å². The first kappa shape index (κ1) is 19.5. The minimum atomic E-state index is -2.93. The Morgan fingerprint density at radius 1 is 1.26 bits per heavy atom. The van der Waals surface area contributed by atoms with Crippen molar-refractivity contribution in [2.45, 2.75) is 32.4 Å². The second-order valence-corrected chi connectivity index (χ2v) is 7.15. The van der Waals surface area contributed by atoms with Crippen LogP contribution in [0.1, 0.15) is 35.2 Å². The second kappa shape index (κ2) is 9.12. The van der Waals surface area contributed by atoms with Crippen LogP contribution in [0.15, 0.2) is 41.0 Å². The van der Waals surface area contributed by atoms with Crippen molar-refractivity contribution in [1.29, 1.82) is 0 Å². The van der Waals surface area contributed by atoms with Gasteiger partial charge in [-0.05, 0) is 49.6 Å². The van der Waals surface area contributed by atoms with Gasteiger partial charge in [-0.1, -0.05) is 15.9 Å². The van der Waals surface area contributed by atoms with E-state index in [-0.39, 0.29) is 18.2 Å². The van der Waals surface area contributed by atoms with Gasteiger partial charge in [-0.15, -0.1) is 0 Å². The zero-order chi connectivity index (χ0) is 19.2. The summed E-state index contributed by atoms with van der Waals surface area (Å²) in [6, 6.07) is 8.14. The van der Waals surface area contributed by atoms with Crippen molar-refractivity contribution in [2.24, 2.45) is 0 Å². The summed E-state index contributed by atoms with van der Waals surface area (Å²) in [4.78, 5) is 19.2. The van der Waals surface area contributed by atoms with E-state index in [0.717, 1.165) is 25.9 Å². The zero-order valence-electron chi connectivity index (χ0n) is 14.6. The molecule has 0 spiro atoms. The molecule has 0 unspecified atom stereocenters. The average Bonchev–Trinajstić information content (AvgIpc) is 2.68. The number of alkyl halides is 2. The molecule has 0 aliphatic carbocycles. The molecule has 1 N–H and O–H groups in total. The molecule has 0 radical (unpaired) electrons. The highest BCUT2D eigenvalue weighted by Gasteiger charge is 2.20. The number of hydrogen-bond acceptors (Lipinski definition) is 4. The maximum Gasteiger partial charge on any atom is 0.387 e.